The van der Waals surface area contributed by atoms with Gasteiger partial charge in [0.1, 0.15) is 6.61 Å². The fourth-order valence-corrected chi connectivity index (χ4v) is 5.45. The number of aliphatic hydroxyl groups is 1. The van der Waals surface area contributed by atoms with Gasteiger partial charge in [-0.15, -0.1) is 0 Å². The Balaban J connectivity index is 4.05. The predicted molar refractivity (Wildman–Crippen MR) is 194 cm³/mol. The Morgan fingerprint density at radius 2 is 1.27 bits per heavy atom. The van der Waals surface area contributed by atoms with Gasteiger partial charge in [-0.05, 0) is 44.4 Å². The number of phosphoric ester groups is 1. The molecule has 0 spiro atoms. The minimum Gasteiger partial charge on any atom is -0.462 e. The molecule has 0 saturated carbocycles. The monoisotopic (exact) mass is 700 g/mol. The van der Waals surface area contributed by atoms with Gasteiger partial charge in [0.2, 0.25) is 0 Å². The third-order valence-electron chi connectivity index (χ3n) is 8.29. The zero-order valence-corrected chi connectivity index (χ0v) is 31.3. The molecule has 0 amide bonds. The highest BCUT2D eigenvalue weighted by molar-refractivity contribution is 7.46. The maximum atomic E-state index is 12.4. The molecule has 0 saturated heterocycles. The first-order valence-electron chi connectivity index (χ1n) is 18.8. The maximum Gasteiger partial charge on any atom is 0.469 e. The average molecular weight is 701 g/mol. The summed E-state index contributed by atoms with van der Waals surface area (Å²) >= 11 is 0. The summed E-state index contributed by atoms with van der Waals surface area (Å²) in [5.74, 6) is -0.0930. The molecule has 280 valence electrons. The normalized spacial score (nSPS) is 14.2. The Hall–Kier alpha value is -1.77. The van der Waals surface area contributed by atoms with Crippen molar-refractivity contribution < 1.29 is 43.0 Å². The lowest BCUT2D eigenvalue weighted by atomic mass is 9.99. The van der Waals surface area contributed by atoms with Crippen LogP contribution in [0.4, 0.5) is 0 Å². The van der Waals surface area contributed by atoms with Crippen LogP contribution in [0.15, 0.2) is 36.5 Å². The largest absolute Gasteiger partial charge is 0.469 e. The molecule has 0 aliphatic heterocycles. The first-order valence-corrected chi connectivity index (χ1v) is 20.3. The third kappa shape index (κ3) is 34.1. The van der Waals surface area contributed by atoms with E-state index in [1.807, 2.05) is 24.3 Å². The van der Waals surface area contributed by atoms with Crippen LogP contribution in [0.5, 0.6) is 0 Å². The predicted octanol–water partition coefficient (Wildman–Crippen LogP) is 9.84. The topological polar surface area (TPSA) is 140 Å². The summed E-state index contributed by atoms with van der Waals surface area (Å²) in [4.78, 5) is 42.7. The number of hydrogen-bond acceptors (Lipinski definition) is 7. The molecule has 0 radical (unpaired) electrons. The van der Waals surface area contributed by atoms with Crippen LogP contribution in [0.25, 0.3) is 0 Å². The highest BCUT2D eigenvalue weighted by atomic mass is 31.2. The highest BCUT2D eigenvalue weighted by Crippen LogP contribution is 2.36. The van der Waals surface area contributed by atoms with E-state index in [0.717, 1.165) is 57.3 Å². The SMILES string of the molecule is CC/C=C/CC(O)/C=C/C=C/CCCCCCCC(=O)O[C@H](COC(=O)CCCCCCCCCCCCC(C)CC)COP(=O)(O)O. The fraction of sp³-hybridized carbons (Fsp3) is 0.789. The van der Waals surface area contributed by atoms with E-state index in [9.17, 15) is 19.3 Å². The molecule has 0 aromatic heterocycles. The van der Waals surface area contributed by atoms with Gasteiger partial charge in [-0.1, -0.05) is 147 Å². The summed E-state index contributed by atoms with van der Waals surface area (Å²) in [7, 11) is -4.77. The van der Waals surface area contributed by atoms with Crippen molar-refractivity contribution in [3.05, 3.63) is 36.5 Å². The Morgan fingerprint density at radius 1 is 0.708 bits per heavy atom. The van der Waals surface area contributed by atoms with Crippen molar-refractivity contribution in [1.29, 1.82) is 0 Å². The van der Waals surface area contributed by atoms with Crippen LogP contribution in [-0.4, -0.2) is 52.3 Å². The number of esters is 2. The molecular weight excluding hydrogens is 631 g/mol. The molecule has 0 aliphatic carbocycles. The van der Waals surface area contributed by atoms with Gasteiger partial charge in [0.05, 0.1) is 12.7 Å². The number of aliphatic hydroxyl groups excluding tert-OH is 1. The number of allylic oxidation sites excluding steroid dienone is 4. The fourth-order valence-electron chi connectivity index (χ4n) is 5.09. The van der Waals surface area contributed by atoms with Crippen LogP contribution >= 0.6 is 7.82 Å². The van der Waals surface area contributed by atoms with Crippen LogP contribution in [-0.2, 0) is 28.2 Å². The van der Waals surface area contributed by atoms with Crippen molar-refractivity contribution >= 4 is 19.8 Å². The number of unbranched alkanes of at least 4 members (excludes halogenated alkanes) is 14. The highest BCUT2D eigenvalue weighted by Gasteiger charge is 2.22. The number of ether oxygens (including phenoxy) is 2. The van der Waals surface area contributed by atoms with Gasteiger partial charge in [0.15, 0.2) is 6.10 Å². The van der Waals surface area contributed by atoms with Crippen molar-refractivity contribution in [2.75, 3.05) is 13.2 Å². The average Bonchev–Trinajstić information content (AvgIpc) is 3.04. The second-order valence-corrected chi connectivity index (χ2v) is 14.2. The molecule has 0 fully saturated rings. The van der Waals surface area contributed by atoms with E-state index in [-0.39, 0.29) is 19.4 Å². The second kappa shape index (κ2) is 32.4. The standard InChI is InChI=1S/C38H69O9P/c1-4-6-22-28-35(39)29-24-19-15-11-9-13-17-21-26-31-38(41)47-36(33-46-48(42,43)44)32-45-37(40)30-25-20-16-12-8-7-10-14-18-23-27-34(3)5-2/h6,15,19,22,24,29,34-36,39H,4-5,7-14,16-18,20-21,23,25-28,30-33H2,1-3H3,(H2,42,43,44)/b19-15+,22-6+,29-24+/t34?,35?,36-/m1/s1. The molecule has 0 aromatic rings. The van der Waals surface area contributed by atoms with Crippen molar-refractivity contribution in [2.45, 2.75) is 174 Å². The van der Waals surface area contributed by atoms with Crippen molar-refractivity contribution in [3.63, 3.8) is 0 Å². The lowest BCUT2D eigenvalue weighted by Crippen LogP contribution is -2.29. The van der Waals surface area contributed by atoms with Crippen molar-refractivity contribution in [3.8, 4) is 0 Å². The summed E-state index contributed by atoms with van der Waals surface area (Å²) in [5.41, 5.74) is 0. The Kier molecular flexibility index (Phi) is 31.2. The van der Waals surface area contributed by atoms with Crippen LogP contribution < -0.4 is 0 Å². The van der Waals surface area contributed by atoms with Gasteiger partial charge >= 0.3 is 19.8 Å². The van der Waals surface area contributed by atoms with Crippen molar-refractivity contribution in [1.82, 2.24) is 0 Å². The van der Waals surface area contributed by atoms with E-state index in [1.165, 1.54) is 57.8 Å². The molecule has 48 heavy (non-hydrogen) atoms. The minimum atomic E-state index is -4.77. The zero-order valence-electron chi connectivity index (χ0n) is 30.4. The molecule has 3 N–H and O–H groups in total. The maximum absolute atomic E-state index is 12.4. The van der Waals surface area contributed by atoms with Crippen LogP contribution in [0.1, 0.15) is 162 Å². The third-order valence-corrected chi connectivity index (χ3v) is 8.78. The molecule has 0 aromatic carbocycles. The molecular formula is C38H69O9P. The molecule has 0 rings (SSSR count). The van der Waals surface area contributed by atoms with Crippen LogP contribution in [0.3, 0.4) is 0 Å². The number of rotatable bonds is 33. The smallest absolute Gasteiger partial charge is 0.462 e. The number of phosphoric acid groups is 1. The van der Waals surface area contributed by atoms with Gasteiger partial charge in [-0.3, -0.25) is 14.1 Å². The Bertz CT molecular complexity index is 912. The second-order valence-electron chi connectivity index (χ2n) is 13.0. The zero-order chi connectivity index (χ0) is 35.7. The van der Waals surface area contributed by atoms with Gasteiger partial charge in [-0.2, -0.15) is 0 Å². The summed E-state index contributed by atoms with van der Waals surface area (Å²) in [6.45, 7) is 5.78. The number of hydrogen-bond donors (Lipinski definition) is 3. The van der Waals surface area contributed by atoms with Gasteiger partial charge in [0.25, 0.3) is 0 Å². The van der Waals surface area contributed by atoms with E-state index in [4.69, 9.17) is 19.3 Å². The quantitative estimate of drug-likeness (QED) is 0.0201. The minimum absolute atomic E-state index is 0.166. The molecule has 0 aliphatic rings. The molecule has 3 atom stereocenters. The first-order chi connectivity index (χ1) is 23.1. The molecule has 2 unspecified atom stereocenters. The van der Waals surface area contributed by atoms with E-state index in [1.54, 1.807) is 6.08 Å². The number of carbonyl (C=O) groups is 2. The molecule has 10 heteroatoms. The Morgan fingerprint density at radius 3 is 1.85 bits per heavy atom. The lowest BCUT2D eigenvalue weighted by Gasteiger charge is -2.18. The first kappa shape index (κ1) is 46.2. The molecule has 9 nitrogen and oxygen atoms in total. The van der Waals surface area contributed by atoms with Crippen LogP contribution in [0.2, 0.25) is 0 Å². The summed E-state index contributed by atoms with van der Waals surface area (Å²) in [5, 5.41) is 9.83. The summed E-state index contributed by atoms with van der Waals surface area (Å²) < 4.78 is 26.3. The van der Waals surface area contributed by atoms with Crippen molar-refractivity contribution in [2.24, 2.45) is 5.92 Å². The van der Waals surface area contributed by atoms with Gasteiger partial charge in [0, 0.05) is 12.8 Å². The van der Waals surface area contributed by atoms with E-state index < -0.39 is 38.6 Å². The van der Waals surface area contributed by atoms with E-state index >= 15 is 0 Å². The molecule has 0 heterocycles. The Labute approximate surface area is 292 Å². The van der Waals surface area contributed by atoms with Crippen LogP contribution in [0, 0.1) is 5.92 Å². The number of carbonyl (C=O) groups excluding carboxylic acids is 2. The lowest BCUT2D eigenvalue weighted by molar-refractivity contribution is -0.161. The molecule has 0 bridgehead atoms. The van der Waals surface area contributed by atoms with E-state index in [2.05, 4.69) is 31.4 Å². The van der Waals surface area contributed by atoms with Gasteiger partial charge < -0.3 is 24.4 Å². The van der Waals surface area contributed by atoms with E-state index in [0.29, 0.717) is 19.3 Å². The summed E-state index contributed by atoms with van der Waals surface area (Å²) in [6.07, 6.45) is 31.9. The summed E-state index contributed by atoms with van der Waals surface area (Å²) in [6, 6.07) is 0. The van der Waals surface area contributed by atoms with Gasteiger partial charge in [-0.25, -0.2) is 4.57 Å².